The minimum absolute atomic E-state index is 0.287. The molecule has 2 rings (SSSR count). The Morgan fingerprint density at radius 1 is 1.32 bits per heavy atom. The van der Waals surface area contributed by atoms with Gasteiger partial charge in [-0.1, -0.05) is 18.2 Å². The van der Waals surface area contributed by atoms with E-state index in [9.17, 15) is 13.6 Å². The number of aromatic nitrogens is 2. The summed E-state index contributed by atoms with van der Waals surface area (Å²) in [5, 5.41) is 9.07. The first-order valence-electron chi connectivity index (χ1n) is 5.26. The van der Waals surface area contributed by atoms with Crippen molar-refractivity contribution in [2.75, 3.05) is 11.9 Å². The molecule has 0 radical (unpaired) electrons. The molecule has 0 spiro atoms. The predicted molar refractivity (Wildman–Crippen MR) is 60.2 cm³/mol. The quantitative estimate of drug-likeness (QED) is 0.897. The van der Waals surface area contributed by atoms with E-state index in [1.54, 1.807) is 30.3 Å². The zero-order valence-electron chi connectivity index (χ0n) is 9.55. The Bertz CT molecular complexity index is 545. The van der Waals surface area contributed by atoms with E-state index < -0.39 is 18.9 Å². The normalized spacial score (nSPS) is 10.5. The summed E-state index contributed by atoms with van der Waals surface area (Å²) >= 11 is 0. The minimum Gasteiger partial charge on any atom is -0.468 e. The van der Waals surface area contributed by atoms with Gasteiger partial charge in [-0.25, -0.2) is 13.4 Å². The Kier molecular flexibility index (Phi) is 4.01. The van der Waals surface area contributed by atoms with Crippen molar-refractivity contribution in [1.29, 1.82) is 0 Å². The van der Waals surface area contributed by atoms with Gasteiger partial charge in [-0.2, -0.15) is 0 Å². The monoisotopic (exact) mass is 269 g/mol. The summed E-state index contributed by atoms with van der Waals surface area (Å²) in [6, 6.07) is 8.55. The lowest BCUT2D eigenvalue weighted by atomic mass is 10.3. The number of anilines is 1. The smallest absolute Gasteiger partial charge is 0.289 e. The highest BCUT2D eigenvalue weighted by Gasteiger charge is 2.21. The number of nitrogens with zero attached hydrogens (tertiary/aromatic N) is 2. The van der Waals surface area contributed by atoms with Crippen LogP contribution in [0, 0.1) is 0 Å². The van der Waals surface area contributed by atoms with Crippen molar-refractivity contribution < 1.29 is 22.9 Å². The molecule has 1 N–H and O–H groups in total. The highest BCUT2D eigenvalue weighted by atomic mass is 19.3. The molecule has 0 atom stereocenters. The van der Waals surface area contributed by atoms with Crippen LogP contribution in [0.2, 0.25) is 0 Å². The molecule has 100 valence electrons. The lowest BCUT2D eigenvalue weighted by Gasteiger charge is -2.04. The molecule has 0 fully saturated rings. The fraction of sp³-hybridized carbons (Fsp3) is 0.182. The second kappa shape index (κ2) is 5.89. The van der Waals surface area contributed by atoms with E-state index in [1.807, 2.05) is 0 Å². The maximum atomic E-state index is 12.0. The lowest BCUT2D eigenvalue weighted by molar-refractivity contribution is 0.0763. The zero-order chi connectivity index (χ0) is 13.7. The average Bonchev–Trinajstić information content (AvgIpc) is 2.86. The third-order valence-corrected chi connectivity index (χ3v) is 2.05. The van der Waals surface area contributed by atoms with E-state index in [0.29, 0.717) is 5.69 Å². The number of rotatable bonds is 5. The number of ether oxygens (including phenoxy) is 1. The van der Waals surface area contributed by atoms with Crippen LogP contribution < -0.4 is 10.1 Å². The Morgan fingerprint density at radius 3 is 2.74 bits per heavy atom. The molecular formula is C11H9F2N3O3. The van der Waals surface area contributed by atoms with E-state index in [-0.39, 0.29) is 11.6 Å². The number of nitrogens with one attached hydrogen (secondary N) is 1. The first kappa shape index (κ1) is 12.9. The number of hydrogen-bond acceptors (Lipinski definition) is 5. The van der Waals surface area contributed by atoms with E-state index in [2.05, 4.69) is 25.0 Å². The second-order valence-corrected chi connectivity index (χ2v) is 3.44. The van der Waals surface area contributed by atoms with Crippen LogP contribution in [0.5, 0.6) is 5.88 Å². The molecule has 1 aromatic heterocycles. The summed E-state index contributed by atoms with van der Waals surface area (Å²) in [5.41, 5.74) is 0.236. The maximum Gasteiger partial charge on any atom is 0.289 e. The third-order valence-electron chi connectivity index (χ3n) is 2.05. The van der Waals surface area contributed by atoms with Gasteiger partial charge in [-0.15, -0.1) is 0 Å². The van der Waals surface area contributed by atoms with Gasteiger partial charge in [0.05, 0.1) is 0 Å². The number of amides is 1. The summed E-state index contributed by atoms with van der Waals surface area (Å²) in [6.45, 7) is -0.889. The summed E-state index contributed by atoms with van der Waals surface area (Å²) in [7, 11) is 0. The molecule has 0 aliphatic heterocycles. The number of benzene rings is 1. The van der Waals surface area contributed by atoms with Crippen molar-refractivity contribution in [2.45, 2.75) is 6.43 Å². The molecule has 1 heterocycles. The first-order valence-corrected chi connectivity index (χ1v) is 5.26. The molecule has 0 saturated carbocycles. The van der Waals surface area contributed by atoms with Crippen molar-refractivity contribution >= 4 is 11.6 Å². The molecule has 0 aliphatic rings. The fourth-order valence-electron chi connectivity index (χ4n) is 1.27. The van der Waals surface area contributed by atoms with Gasteiger partial charge in [0.1, 0.15) is 0 Å². The number of para-hydroxylation sites is 1. The van der Waals surface area contributed by atoms with Crippen LogP contribution in [-0.4, -0.2) is 29.3 Å². The fourth-order valence-corrected chi connectivity index (χ4v) is 1.27. The number of hydrogen-bond donors (Lipinski definition) is 1. The molecule has 0 aliphatic carbocycles. The summed E-state index contributed by atoms with van der Waals surface area (Å²) in [6.07, 6.45) is -2.68. The van der Waals surface area contributed by atoms with Crippen LogP contribution in [0.1, 0.15) is 10.5 Å². The predicted octanol–water partition coefficient (Wildman–Crippen LogP) is 1.97. The van der Waals surface area contributed by atoms with Crippen LogP contribution in [0.3, 0.4) is 0 Å². The van der Waals surface area contributed by atoms with E-state index in [0.717, 1.165) is 0 Å². The topological polar surface area (TPSA) is 77.3 Å². The van der Waals surface area contributed by atoms with Crippen molar-refractivity contribution in [3.8, 4) is 5.88 Å². The van der Waals surface area contributed by atoms with Crippen LogP contribution in [0.15, 0.2) is 35.0 Å². The highest BCUT2D eigenvalue weighted by Crippen LogP contribution is 2.15. The molecule has 8 heteroatoms. The number of carbonyl (C=O) groups is 1. The van der Waals surface area contributed by atoms with Gasteiger partial charge in [-0.3, -0.25) is 4.79 Å². The molecule has 6 nitrogen and oxygen atoms in total. The van der Waals surface area contributed by atoms with Crippen LogP contribution in [0.25, 0.3) is 0 Å². The Balaban J connectivity index is 2.05. The molecule has 1 aromatic carbocycles. The van der Waals surface area contributed by atoms with Crippen LogP contribution in [-0.2, 0) is 0 Å². The number of alkyl halides is 2. The molecule has 2 aromatic rings. The van der Waals surface area contributed by atoms with Gasteiger partial charge in [0.15, 0.2) is 6.61 Å². The van der Waals surface area contributed by atoms with Crippen molar-refractivity contribution in [3.05, 3.63) is 36.0 Å². The summed E-state index contributed by atoms with van der Waals surface area (Å²) < 4.78 is 32.9. The summed E-state index contributed by atoms with van der Waals surface area (Å²) in [5.74, 6) is -1.02. The molecule has 1 amide bonds. The number of carbonyl (C=O) groups excluding carboxylic acids is 1. The van der Waals surface area contributed by atoms with Gasteiger partial charge < -0.3 is 10.1 Å². The van der Waals surface area contributed by atoms with Crippen molar-refractivity contribution in [3.63, 3.8) is 0 Å². The third kappa shape index (κ3) is 3.47. The van der Waals surface area contributed by atoms with Crippen LogP contribution in [0.4, 0.5) is 14.5 Å². The largest absolute Gasteiger partial charge is 0.468 e. The SMILES string of the molecule is O=C(Nc1ccccc1)c1nonc1OCC(F)F. The maximum absolute atomic E-state index is 12.0. The summed E-state index contributed by atoms with van der Waals surface area (Å²) in [4.78, 5) is 11.8. The van der Waals surface area contributed by atoms with Crippen molar-refractivity contribution in [1.82, 2.24) is 10.3 Å². The average molecular weight is 269 g/mol. The minimum atomic E-state index is -2.68. The van der Waals surface area contributed by atoms with E-state index in [4.69, 9.17) is 0 Å². The Hall–Kier alpha value is -2.51. The highest BCUT2D eigenvalue weighted by molar-refractivity contribution is 6.04. The molecule has 19 heavy (non-hydrogen) atoms. The molecule has 0 bridgehead atoms. The van der Waals surface area contributed by atoms with Gasteiger partial charge in [0, 0.05) is 5.69 Å². The standard InChI is InChI=1S/C11H9F2N3O3/c12-8(13)6-18-11-9(15-19-16-11)10(17)14-7-4-2-1-3-5-7/h1-5,8H,6H2,(H,14,17). The zero-order valence-corrected chi connectivity index (χ0v) is 9.55. The molecule has 0 unspecified atom stereocenters. The lowest BCUT2D eigenvalue weighted by Crippen LogP contribution is -2.15. The van der Waals surface area contributed by atoms with Crippen LogP contribution >= 0.6 is 0 Å². The first-order chi connectivity index (χ1) is 9.16. The van der Waals surface area contributed by atoms with Crippen molar-refractivity contribution in [2.24, 2.45) is 0 Å². The number of halogens is 2. The van der Waals surface area contributed by atoms with E-state index >= 15 is 0 Å². The molecular weight excluding hydrogens is 260 g/mol. The Labute approximate surface area is 106 Å². The van der Waals surface area contributed by atoms with Gasteiger partial charge in [-0.05, 0) is 22.4 Å². The Morgan fingerprint density at radius 2 is 2.05 bits per heavy atom. The van der Waals surface area contributed by atoms with E-state index in [1.165, 1.54) is 0 Å². The van der Waals surface area contributed by atoms with Gasteiger partial charge in [0.25, 0.3) is 18.2 Å². The van der Waals surface area contributed by atoms with Gasteiger partial charge in [0.2, 0.25) is 5.69 Å². The molecule has 0 saturated heterocycles. The van der Waals surface area contributed by atoms with Gasteiger partial charge >= 0.3 is 0 Å². The second-order valence-electron chi connectivity index (χ2n) is 3.44.